The molecule has 1 aromatic rings. The van der Waals surface area contributed by atoms with E-state index in [-0.39, 0.29) is 18.4 Å². The first kappa shape index (κ1) is 14.0. The molecule has 0 bridgehead atoms. The number of carboxylic acids is 1. The molecule has 0 saturated carbocycles. The van der Waals surface area contributed by atoms with Crippen molar-refractivity contribution < 1.29 is 19.4 Å². The lowest BCUT2D eigenvalue weighted by molar-refractivity contribution is -0.137. The highest BCUT2D eigenvalue weighted by Crippen LogP contribution is 2.17. The number of amides is 1. The maximum Gasteiger partial charge on any atom is 0.305 e. The van der Waals surface area contributed by atoms with Crippen molar-refractivity contribution in [3.8, 4) is 5.75 Å². The number of carboxylic acid groups (broad SMARTS) is 1. The molecule has 0 radical (unpaired) electrons. The lowest BCUT2D eigenvalue weighted by atomic mass is 10.1. The van der Waals surface area contributed by atoms with Gasteiger partial charge in [-0.2, -0.15) is 0 Å². The van der Waals surface area contributed by atoms with Crippen LogP contribution in [0.15, 0.2) is 24.3 Å². The van der Waals surface area contributed by atoms with E-state index in [1.807, 2.05) is 6.92 Å². The third kappa shape index (κ3) is 3.76. The first-order valence-corrected chi connectivity index (χ1v) is 5.74. The summed E-state index contributed by atoms with van der Waals surface area (Å²) < 4.78 is 5.09. The minimum Gasteiger partial charge on any atom is -0.496 e. The van der Waals surface area contributed by atoms with Gasteiger partial charge in [-0.3, -0.25) is 9.59 Å². The lowest BCUT2D eigenvalue weighted by Crippen LogP contribution is -2.36. The van der Waals surface area contributed by atoms with Crippen molar-refractivity contribution in [2.75, 3.05) is 7.11 Å². The molecule has 1 aromatic carbocycles. The Kier molecular flexibility index (Phi) is 5.17. The summed E-state index contributed by atoms with van der Waals surface area (Å²) in [6.07, 6.45) is 0.477. The molecule has 0 aliphatic carbocycles. The topological polar surface area (TPSA) is 75.6 Å². The molecule has 1 amide bonds. The lowest BCUT2D eigenvalue weighted by Gasteiger charge is -2.16. The van der Waals surface area contributed by atoms with E-state index in [0.717, 1.165) is 0 Å². The van der Waals surface area contributed by atoms with E-state index in [2.05, 4.69) is 5.32 Å². The molecule has 5 heteroatoms. The van der Waals surface area contributed by atoms with E-state index in [0.29, 0.717) is 17.7 Å². The van der Waals surface area contributed by atoms with Gasteiger partial charge < -0.3 is 15.2 Å². The van der Waals surface area contributed by atoms with Gasteiger partial charge in [0.1, 0.15) is 5.75 Å². The fourth-order valence-corrected chi connectivity index (χ4v) is 1.60. The van der Waals surface area contributed by atoms with E-state index in [9.17, 15) is 9.59 Å². The van der Waals surface area contributed by atoms with Gasteiger partial charge in [0.2, 0.25) is 0 Å². The Morgan fingerprint density at radius 3 is 2.61 bits per heavy atom. The number of carbonyl (C=O) groups excluding carboxylic acids is 1. The largest absolute Gasteiger partial charge is 0.496 e. The van der Waals surface area contributed by atoms with Crippen molar-refractivity contribution in [3.05, 3.63) is 29.8 Å². The van der Waals surface area contributed by atoms with Gasteiger partial charge in [-0.15, -0.1) is 0 Å². The van der Waals surface area contributed by atoms with Crippen molar-refractivity contribution in [3.63, 3.8) is 0 Å². The average molecular weight is 251 g/mol. The van der Waals surface area contributed by atoms with Crippen LogP contribution in [0.25, 0.3) is 0 Å². The summed E-state index contributed by atoms with van der Waals surface area (Å²) >= 11 is 0. The smallest absolute Gasteiger partial charge is 0.305 e. The van der Waals surface area contributed by atoms with Gasteiger partial charge >= 0.3 is 5.97 Å². The number of nitrogens with one attached hydrogen (secondary N) is 1. The van der Waals surface area contributed by atoms with Crippen LogP contribution in [0.2, 0.25) is 0 Å². The second-order valence-electron chi connectivity index (χ2n) is 3.88. The first-order valence-electron chi connectivity index (χ1n) is 5.74. The molecular formula is C13H17NO4. The van der Waals surface area contributed by atoms with Crippen molar-refractivity contribution in [1.82, 2.24) is 5.32 Å². The molecule has 0 saturated heterocycles. The van der Waals surface area contributed by atoms with Gasteiger partial charge in [0.05, 0.1) is 19.1 Å². The molecular weight excluding hydrogens is 234 g/mol. The van der Waals surface area contributed by atoms with Crippen molar-refractivity contribution in [2.45, 2.75) is 25.8 Å². The molecule has 0 aliphatic heterocycles. The van der Waals surface area contributed by atoms with Gasteiger partial charge in [-0.25, -0.2) is 0 Å². The predicted octanol–water partition coefficient (Wildman–Crippen LogP) is 1.68. The van der Waals surface area contributed by atoms with Crippen LogP contribution >= 0.6 is 0 Å². The highest BCUT2D eigenvalue weighted by Gasteiger charge is 2.17. The van der Waals surface area contributed by atoms with Crippen LogP contribution in [-0.2, 0) is 4.79 Å². The number of para-hydroxylation sites is 1. The van der Waals surface area contributed by atoms with Crippen molar-refractivity contribution in [1.29, 1.82) is 0 Å². The second kappa shape index (κ2) is 6.64. The van der Waals surface area contributed by atoms with Crippen LogP contribution in [0.4, 0.5) is 0 Å². The molecule has 1 unspecified atom stereocenters. The fraction of sp³-hybridized carbons (Fsp3) is 0.385. The number of rotatable bonds is 6. The maximum atomic E-state index is 12.0. The van der Waals surface area contributed by atoms with E-state index in [1.165, 1.54) is 7.11 Å². The first-order chi connectivity index (χ1) is 8.58. The standard InChI is InChI=1S/C13H17NO4/c1-3-9(8-12(15)16)14-13(17)10-6-4-5-7-11(10)18-2/h4-7,9H,3,8H2,1-2H3,(H,14,17)(H,15,16). The van der Waals surface area contributed by atoms with Gasteiger partial charge in [0, 0.05) is 6.04 Å². The molecule has 0 spiro atoms. The zero-order valence-electron chi connectivity index (χ0n) is 10.5. The quantitative estimate of drug-likeness (QED) is 0.806. The number of ether oxygens (including phenoxy) is 1. The third-order valence-electron chi connectivity index (χ3n) is 2.60. The molecule has 0 fully saturated rings. The summed E-state index contributed by atoms with van der Waals surface area (Å²) in [5, 5.41) is 11.4. The molecule has 0 aromatic heterocycles. The van der Waals surface area contributed by atoms with Crippen LogP contribution in [-0.4, -0.2) is 30.1 Å². The van der Waals surface area contributed by atoms with Crippen molar-refractivity contribution >= 4 is 11.9 Å². The highest BCUT2D eigenvalue weighted by molar-refractivity contribution is 5.97. The van der Waals surface area contributed by atoms with Crippen LogP contribution in [0.5, 0.6) is 5.75 Å². The van der Waals surface area contributed by atoms with Crippen molar-refractivity contribution in [2.24, 2.45) is 0 Å². The Bertz CT molecular complexity index is 431. The normalized spacial score (nSPS) is 11.7. The Balaban J connectivity index is 2.77. The van der Waals surface area contributed by atoms with Gasteiger partial charge in [-0.1, -0.05) is 19.1 Å². The third-order valence-corrected chi connectivity index (χ3v) is 2.60. The van der Waals surface area contributed by atoms with E-state index >= 15 is 0 Å². The molecule has 18 heavy (non-hydrogen) atoms. The van der Waals surface area contributed by atoms with Crippen LogP contribution in [0.3, 0.4) is 0 Å². The van der Waals surface area contributed by atoms with Crippen LogP contribution < -0.4 is 10.1 Å². The Morgan fingerprint density at radius 1 is 1.39 bits per heavy atom. The number of benzene rings is 1. The fourth-order valence-electron chi connectivity index (χ4n) is 1.60. The van der Waals surface area contributed by atoms with Crippen LogP contribution in [0, 0.1) is 0 Å². The molecule has 5 nitrogen and oxygen atoms in total. The van der Waals surface area contributed by atoms with Crippen LogP contribution in [0.1, 0.15) is 30.1 Å². The minimum atomic E-state index is -0.929. The summed E-state index contributed by atoms with van der Waals surface area (Å²) in [6, 6.07) is 6.45. The second-order valence-corrected chi connectivity index (χ2v) is 3.88. The minimum absolute atomic E-state index is 0.0859. The number of methoxy groups -OCH3 is 1. The predicted molar refractivity (Wildman–Crippen MR) is 66.8 cm³/mol. The van der Waals surface area contributed by atoms with E-state index < -0.39 is 5.97 Å². The summed E-state index contributed by atoms with van der Waals surface area (Å²) in [5.41, 5.74) is 0.406. The molecule has 98 valence electrons. The van der Waals surface area contributed by atoms with E-state index in [1.54, 1.807) is 24.3 Å². The van der Waals surface area contributed by atoms with E-state index in [4.69, 9.17) is 9.84 Å². The Morgan fingerprint density at radius 2 is 2.06 bits per heavy atom. The average Bonchev–Trinajstić information content (AvgIpc) is 2.37. The summed E-state index contributed by atoms with van der Waals surface area (Å²) in [6.45, 7) is 1.83. The van der Waals surface area contributed by atoms with Gasteiger partial charge in [0.15, 0.2) is 0 Å². The summed E-state index contributed by atoms with van der Waals surface area (Å²) in [4.78, 5) is 22.6. The molecule has 0 heterocycles. The number of hydrogen-bond acceptors (Lipinski definition) is 3. The summed E-state index contributed by atoms with van der Waals surface area (Å²) in [7, 11) is 1.49. The molecule has 1 rings (SSSR count). The Labute approximate surface area is 106 Å². The monoisotopic (exact) mass is 251 g/mol. The number of carbonyl (C=O) groups is 2. The molecule has 1 atom stereocenters. The zero-order chi connectivity index (χ0) is 13.5. The number of hydrogen-bond donors (Lipinski definition) is 2. The highest BCUT2D eigenvalue weighted by atomic mass is 16.5. The number of aliphatic carboxylic acids is 1. The summed E-state index contributed by atoms with van der Waals surface area (Å²) in [5.74, 6) is -0.775. The van der Waals surface area contributed by atoms with Gasteiger partial charge in [-0.05, 0) is 18.6 Å². The molecule has 0 aliphatic rings. The maximum absolute atomic E-state index is 12.0. The Hall–Kier alpha value is -2.04. The molecule has 2 N–H and O–H groups in total. The van der Waals surface area contributed by atoms with Gasteiger partial charge in [0.25, 0.3) is 5.91 Å². The SMILES string of the molecule is CCC(CC(=O)O)NC(=O)c1ccccc1OC. The zero-order valence-corrected chi connectivity index (χ0v) is 10.5.